The number of rotatable bonds is 5. The van der Waals surface area contributed by atoms with Crippen LogP contribution in [0.1, 0.15) is 61.7 Å². The fraction of sp³-hybridized carbons (Fsp3) is 0.588. The van der Waals surface area contributed by atoms with Gasteiger partial charge in [-0.2, -0.15) is 0 Å². The van der Waals surface area contributed by atoms with E-state index in [1.54, 1.807) is 29.4 Å². The number of carbonyl (C=O) groups excluding carboxylic acids is 1. The number of carboxylic acid groups (broad SMARTS) is 1. The van der Waals surface area contributed by atoms with Gasteiger partial charge in [-0.3, -0.25) is 14.6 Å². The third-order valence-corrected chi connectivity index (χ3v) is 4.25. The van der Waals surface area contributed by atoms with Crippen LogP contribution in [-0.4, -0.2) is 39.5 Å². The Balaban J connectivity index is 2.13. The Bertz CT molecular complexity index is 482. The number of aromatic nitrogens is 1. The topological polar surface area (TPSA) is 70.5 Å². The first-order valence-corrected chi connectivity index (χ1v) is 8.11. The molecule has 2 rings (SSSR count). The van der Waals surface area contributed by atoms with Gasteiger partial charge in [0.15, 0.2) is 0 Å². The summed E-state index contributed by atoms with van der Waals surface area (Å²) >= 11 is 0. The van der Waals surface area contributed by atoms with Crippen molar-refractivity contribution >= 4 is 11.9 Å². The largest absolute Gasteiger partial charge is 0.481 e. The lowest BCUT2D eigenvalue weighted by molar-refractivity contribution is -0.137. The van der Waals surface area contributed by atoms with Crippen molar-refractivity contribution in [2.45, 2.75) is 57.4 Å². The first-order chi connectivity index (χ1) is 10.7. The van der Waals surface area contributed by atoms with Gasteiger partial charge in [-0.1, -0.05) is 32.1 Å². The third kappa shape index (κ3) is 4.83. The number of aliphatic carboxylic acids is 1. The highest BCUT2D eigenvalue weighted by molar-refractivity contribution is 5.94. The molecule has 5 heteroatoms. The second-order valence-corrected chi connectivity index (χ2v) is 5.88. The summed E-state index contributed by atoms with van der Waals surface area (Å²) in [4.78, 5) is 29.4. The molecule has 120 valence electrons. The van der Waals surface area contributed by atoms with Crippen molar-refractivity contribution in [3.8, 4) is 0 Å². The number of carbonyl (C=O) groups is 2. The van der Waals surface area contributed by atoms with Gasteiger partial charge in [0.2, 0.25) is 0 Å². The number of amides is 1. The average Bonchev–Trinajstić information content (AvgIpc) is 2.49. The van der Waals surface area contributed by atoms with E-state index < -0.39 is 5.97 Å². The van der Waals surface area contributed by atoms with E-state index in [2.05, 4.69) is 4.98 Å². The monoisotopic (exact) mass is 304 g/mol. The average molecular weight is 304 g/mol. The van der Waals surface area contributed by atoms with Crippen LogP contribution >= 0.6 is 0 Å². The summed E-state index contributed by atoms with van der Waals surface area (Å²) in [5.74, 6) is -0.963. The third-order valence-electron chi connectivity index (χ3n) is 4.25. The molecular weight excluding hydrogens is 280 g/mol. The van der Waals surface area contributed by atoms with Crippen LogP contribution < -0.4 is 0 Å². The number of pyridine rings is 1. The SMILES string of the molecule is O=C(O)CCN(C(=O)c1cccnc1)C1CCCCCCC1. The Labute approximate surface area is 131 Å². The lowest BCUT2D eigenvalue weighted by Gasteiger charge is -2.33. The van der Waals surface area contributed by atoms with E-state index in [9.17, 15) is 9.59 Å². The summed E-state index contributed by atoms with van der Waals surface area (Å²) in [7, 11) is 0. The molecule has 1 amide bonds. The van der Waals surface area contributed by atoms with Crippen molar-refractivity contribution in [2.24, 2.45) is 0 Å². The molecule has 0 radical (unpaired) electrons. The fourth-order valence-electron chi connectivity index (χ4n) is 3.07. The molecule has 1 aliphatic rings. The van der Waals surface area contributed by atoms with Crippen molar-refractivity contribution in [3.63, 3.8) is 0 Å². The summed E-state index contributed by atoms with van der Waals surface area (Å²) < 4.78 is 0. The van der Waals surface area contributed by atoms with Crippen LogP contribution in [0.5, 0.6) is 0 Å². The molecule has 1 fully saturated rings. The van der Waals surface area contributed by atoms with Gasteiger partial charge in [-0.25, -0.2) is 0 Å². The second-order valence-electron chi connectivity index (χ2n) is 5.88. The highest BCUT2D eigenvalue weighted by Gasteiger charge is 2.25. The molecule has 0 atom stereocenters. The fourth-order valence-corrected chi connectivity index (χ4v) is 3.07. The maximum atomic E-state index is 12.7. The van der Waals surface area contributed by atoms with Crippen molar-refractivity contribution in [3.05, 3.63) is 30.1 Å². The first-order valence-electron chi connectivity index (χ1n) is 8.11. The summed E-state index contributed by atoms with van der Waals surface area (Å²) in [5.41, 5.74) is 0.537. The van der Waals surface area contributed by atoms with Crippen LogP contribution in [0.15, 0.2) is 24.5 Å². The zero-order chi connectivity index (χ0) is 15.8. The van der Waals surface area contributed by atoms with E-state index in [1.807, 2.05) is 0 Å². The summed E-state index contributed by atoms with van der Waals surface area (Å²) in [5, 5.41) is 8.96. The summed E-state index contributed by atoms with van der Waals surface area (Å²) in [6, 6.07) is 3.62. The van der Waals surface area contributed by atoms with Gasteiger partial charge in [0.25, 0.3) is 5.91 Å². The normalized spacial score (nSPS) is 16.5. The van der Waals surface area contributed by atoms with Crippen molar-refractivity contribution in [1.29, 1.82) is 0 Å². The smallest absolute Gasteiger partial charge is 0.305 e. The van der Waals surface area contributed by atoms with E-state index in [1.165, 1.54) is 19.3 Å². The standard InChI is InChI=1S/C17H24N2O3/c20-16(21)10-12-19(15-8-4-2-1-3-5-9-15)17(22)14-7-6-11-18-13-14/h6-7,11,13,15H,1-5,8-10,12H2,(H,20,21). The Morgan fingerprint density at radius 2 is 1.86 bits per heavy atom. The minimum absolute atomic E-state index is 0.0114. The maximum Gasteiger partial charge on any atom is 0.305 e. The Morgan fingerprint density at radius 1 is 1.18 bits per heavy atom. The van der Waals surface area contributed by atoms with Gasteiger partial charge >= 0.3 is 5.97 Å². The van der Waals surface area contributed by atoms with Crippen LogP contribution in [0.4, 0.5) is 0 Å². The van der Waals surface area contributed by atoms with Crippen LogP contribution in [0.25, 0.3) is 0 Å². The van der Waals surface area contributed by atoms with Crippen LogP contribution in [0.2, 0.25) is 0 Å². The molecule has 0 unspecified atom stereocenters. The predicted octanol–water partition coefficient (Wildman–Crippen LogP) is 3.11. The van der Waals surface area contributed by atoms with Crippen LogP contribution in [0, 0.1) is 0 Å². The maximum absolute atomic E-state index is 12.7. The molecule has 0 saturated heterocycles. The Kier molecular flexibility index (Phi) is 6.37. The summed E-state index contributed by atoms with van der Waals surface area (Å²) in [6.45, 7) is 0.272. The molecule has 1 heterocycles. The van der Waals surface area contributed by atoms with Crippen molar-refractivity contribution < 1.29 is 14.7 Å². The lowest BCUT2D eigenvalue weighted by Crippen LogP contribution is -2.42. The zero-order valence-corrected chi connectivity index (χ0v) is 12.9. The molecule has 5 nitrogen and oxygen atoms in total. The van der Waals surface area contributed by atoms with E-state index in [-0.39, 0.29) is 24.9 Å². The molecule has 0 aliphatic heterocycles. The molecule has 1 saturated carbocycles. The van der Waals surface area contributed by atoms with E-state index in [4.69, 9.17) is 5.11 Å². The highest BCUT2D eigenvalue weighted by Crippen LogP contribution is 2.23. The van der Waals surface area contributed by atoms with Crippen molar-refractivity contribution in [1.82, 2.24) is 9.88 Å². The van der Waals surface area contributed by atoms with E-state index >= 15 is 0 Å². The van der Waals surface area contributed by atoms with E-state index in [0.29, 0.717) is 5.56 Å². The number of hydrogen-bond donors (Lipinski definition) is 1. The second kappa shape index (κ2) is 8.51. The first kappa shape index (κ1) is 16.5. The molecule has 1 aliphatic carbocycles. The lowest BCUT2D eigenvalue weighted by atomic mass is 9.95. The Morgan fingerprint density at radius 3 is 2.45 bits per heavy atom. The van der Waals surface area contributed by atoms with Crippen molar-refractivity contribution in [2.75, 3.05) is 6.54 Å². The number of nitrogens with zero attached hydrogens (tertiary/aromatic N) is 2. The van der Waals surface area contributed by atoms with Gasteiger partial charge < -0.3 is 10.0 Å². The summed E-state index contributed by atoms with van der Waals surface area (Å²) in [6.07, 6.45) is 11.0. The minimum atomic E-state index is -0.866. The highest BCUT2D eigenvalue weighted by atomic mass is 16.4. The molecule has 1 aromatic heterocycles. The predicted molar refractivity (Wildman–Crippen MR) is 83.6 cm³/mol. The Hall–Kier alpha value is -1.91. The van der Waals surface area contributed by atoms with Crippen LogP contribution in [-0.2, 0) is 4.79 Å². The van der Waals surface area contributed by atoms with Gasteiger partial charge in [-0.05, 0) is 25.0 Å². The molecule has 1 aromatic rings. The molecule has 1 N–H and O–H groups in total. The quantitative estimate of drug-likeness (QED) is 0.907. The van der Waals surface area contributed by atoms with Gasteiger partial charge in [0.05, 0.1) is 12.0 Å². The van der Waals surface area contributed by atoms with Gasteiger partial charge in [0, 0.05) is 25.0 Å². The molecular formula is C17H24N2O3. The number of carboxylic acids is 1. The van der Waals surface area contributed by atoms with E-state index in [0.717, 1.165) is 25.7 Å². The molecule has 0 spiro atoms. The molecule has 0 bridgehead atoms. The van der Waals surface area contributed by atoms with Gasteiger partial charge in [-0.15, -0.1) is 0 Å². The zero-order valence-electron chi connectivity index (χ0n) is 12.9. The van der Waals surface area contributed by atoms with Crippen LogP contribution in [0.3, 0.4) is 0 Å². The minimum Gasteiger partial charge on any atom is -0.481 e. The van der Waals surface area contributed by atoms with Gasteiger partial charge in [0.1, 0.15) is 0 Å². The number of hydrogen-bond acceptors (Lipinski definition) is 3. The molecule has 0 aromatic carbocycles. The molecule has 22 heavy (non-hydrogen) atoms.